The number of aryl methyl sites for hydroxylation is 1. The van der Waals surface area contributed by atoms with Crippen molar-refractivity contribution in [2.45, 2.75) is 20.3 Å². The Balaban J connectivity index is 0. The molecule has 5 nitrogen and oxygen atoms in total. The predicted molar refractivity (Wildman–Crippen MR) is 63.8 cm³/mol. The Kier molecular flexibility index (Phi) is 13.9. The van der Waals surface area contributed by atoms with Crippen molar-refractivity contribution in [3.8, 4) is 5.75 Å². The molecule has 2 N–H and O–H groups in total. The van der Waals surface area contributed by atoms with Crippen molar-refractivity contribution in [2.24, 2.45) is 0 Å². The van der Waals surface area contributed by atoms with Crippen molar-refractivity contribution in [1.29, 1.82) is 10.8 Å². The van der Waals surface area contributed by atoms with Gasteiger partial charge in [0.25, 0.3) is 0 Å². The highest BCUT2D eigenvalue weighted by molar-refractivity contribution is 5.27. The Morgan fingerprint density at radius 3 is 1.76 bits per heavy atom. The van der Waals surface area contributed by atoms with Crippen LogP contribution >= 0.6 is 0 Å². The van der Waals surface area contributed by atoms with Crippen molar-refractivity contribution in [1.82, 2.24) is 0 Å². The second kappa shape index (κ2) is 13.8. The lowest BCUT2D eigenvalue weighted by Gasteiger charge is -2.02. The summed E-state index contributed by atoms with van der Waals surface area (Å²) >= 11 is 0. The predicted octanol–water partition coefficient (Wildman–Crippen LogP) is 2.45. The van der Waals surface area contributed by atoms with Crippen molar-refractivity contribution in [2.75, 3.05) is 6.61 Å². The number of nitrogens with one attached hydrogen (secondary N) is 2. The van der Waals surface area contributed by atoms with E-state index in [0.717, 1.165) is 30.9 Å². The minimum absolute atomic E-state index is 0.742. The molecule has 0 aromatic heterocycles. The minimum atomic E-state index is 0.742. The zero-order valence-electron chi connectivity index (χ0n) is 9.95. The van der Waals surface area contributed by atoms with Crippen LogP contribution in [0, 0.1) is 10.8 Å². The highest BCUT2D eigenvalue weighted by Crippen LogP contribution is 2.11. The van der Waals surface area contributed by atoms with E-state index in [1.54, 1.807) is 0 Å². The van der Waals surface area contributed by atoms with Gasteiger partial charge in [-0.1, -0.05) is 19.1 Å². The Bertz CT molecular complexity index is 337. The van der Waals surface area contributed by atoms with Crippen LogP contribution < -0.4 is 4.74 Å². The molecule has 0 aliphatic carbocycles. The number of hydrogen-bond acceptors (Lipinski definition) is 5. The molecule has 0 fully saturated rings. The zero-order valence-corrected chi connectivity index (χ0v) is 9.95. The van der Waals surface area contributed by atoms with E-state index in [1.165, 1.54) is 5.56 Å². The number of hydrogen-bond donors (Lipinski definition) is 2. The third-order valence-corrected chi connectivity index (χ3v) is 1.64. The van der Waals surface area contributed by atoms with E-state index in [-0.39, 0.29) is 0 Å². The van der Waals surface area contributed by atoms with E-state index in [2.05, 4.69) is 19.1 Å². The quantitative estimate of drug-likeness (QED) is 0.623. The molecule has 0 unspecified atom stereocenters. The van der Waals surface area contributed by atoms with Crippen LogP contribution in [0.2, 0.25) is 0 Å². The van der Waals surface area contributed by atoms with E-state index in [4.69, 9.17) is 25.1 Å². The third kappa shape index (κ3) is 11.7. The van der Waals surface area contributed by atoms with Gasteiger partial charge in [-0.05, 0) is 31.0 Å². The van der Waals surface area contributed by atoms with E-state index in [0.29, 0.717) is 0 Å². The summed E-state index contributed by atoms with van der Waals surface area (Å²) in [5.41, 5.74) is 1.36. The maximum atomic E-state index is 8.35. The van der Waals surface area contributed by atoms with Crippen molar-refractivity contribution in [3.63, 3.8) is 0 Å². The van der Waals surface area contributed by atoms with Crippen molar-refractivity contribution in [3.05, 3.63) is 29.8 Å². The van der Waals surface area contributed by atoms with Crippen LogP contribution in [0.3, 0.4) is 0 Å². The van der Waals surface area contributed by atoms with E-state index < -0.39 is 0 Å². The maximum Gasteiger partial charge on any atom is 0.231 e. The Labute approximate surface area is 100 Å². The molecule has 0 spiro atoms. The van der Waals surface area contributed by atoms with Crippen LogP contribution in [-0.2, 0) is 16.0 Å². The first-order valence-electron chi connectivity index (χ1n) is 4.99. The molecule has 1 aromatic rings. The van der Waals surface area contributed by atoms with Gasteiger partial charge in [-0.25, -0.2) is 20.4 Å². The fraction of sp³-hybridized carbons (Fsp3) is 0.333. The van der Waals surface area contributed by atoms with Crippen molar-refractivity contribution < 1.29 is 14.3 Å². The molecule has 0 saturated heterocycles. The summed E-state index contributed by atoms with van der Waals surface area (Å²) < 4.78 is 5.31. The Morgan fingerprint density at radius 1 is 1.06 bits per heavy atom. The number of benzene rings is 1. The number of carbonyl (C=O) groups excluding carboxylic acids is 2. The molecular formula is C12H16N2O3. The molecule has 0 atom stereocenters. The van der Waals surface area contributed by atoms with Gasteiger partial charge < -0.3 is 4.74 Å². The monoisotopic (exact) mass is 236 g/mol. The summed E-state index contributed by atoms with van der Waals surface area (Å²) in [5.74, 6) is 0.963. The number of isocyanates is 2. The van der Waals surface area contributed by atoms with Gasteiger partial charge in [-0.3, -0.25) is 0 Å². The highest BCUT2D eigenvalue weighted by Gasteiger charge is 1.90. The van der Waals surface area contributed by atoms with Gasteiger partial charge in [0.05, 0.1) is 6.61 Å². The maximum absolute atomic E-state index is 8.35. The summed E-state index contributed by atoms with van der Waals surface area (Å²) in [5, 5.41) is 10.8. The van der Waals surface area contributed by atoms with Gasteiger partial charge >= 0.3 is 0 Å². The van der Waals surface area contributed by atoms with Crippen LogP contribution in [0.5, 0.6) is 5.75 Å². The highest BCUT2D eigenvalue weighted by atomic mass is 16.5. The second-order valence-electron chi connectivity index (χ2n) is 2.63. The van der Waals surface area contributed by atoms with Gasteiger partial charge in [0.1, 0.15) is 5.75 Å². The third-order valence-electron chi connectivity index (χ3n) is 1.64. The molecule has 5 heteroatoms. The normalized spacial score (nSPS) is 7.18. The summed E-state index contributed by atoms with van der Waals surface area (Å²) in [7, 11) is 0. The lowest BCUT2D eigenvalue weighted by molar-refractivity contribution is 0.340. The molecule has 17 heavy (non-hydrogen) atoms. The largest absolute Gasteiger partial charge is 0.494 e. The molecule has 0 heterocycles. The summed E-state index contributed by atoms with van der Waals surface area (Å²) in [4.78, 5) is 16.7. The number of rotatable bonds is 3. The molecule has 1 rings (SSSR count). The van der Waals surface area contributed by atoms with Crippen molar-refractivity contribution >= 4 is 12.2 Å². The van der Waals surface area contributed by atoms with E-state index >= 15 is 0 Å². The minimum Gasteiger partial charge on any atom is -0.494 e. The van der Waals surface area contributed by atoms with Gasteiger partial charge in [0.2, 0.25) is 12.2 Å². The molecule has 92 valence electrons. The molecule has 0 aliphatic heterocycles. The molecular weight excluding hydrogens is 220 g/mol. The molecule has 1 aromatic carbocycles. The SMILES string of the molecule is CCOc1ccc(CC)cc1.N=C=O.N=C=O. The zero-order chi connectivity index (χ0) is 13.5. The van der Waals surface area contributed by atoms with Crippen LogP contribution in [0.1, 0.15) is 19.4 Å². The lowest BCUT2D eigenvalue weighted by Crippen LogP contribution is -1.90. The molecule has 0 saturated carbocycles. The van der Waals surface area contributed by atoms with Gasteiger partial charge in [-0.2, -0.15) is 0 Å². The first-order chi connectivity index (χ1) is 8.19. The van der Waals surface area contributed by atoms with Crippen LogP contribution in [-0.4, -0.2) is 18.8 Å². The van der Waals surface area contributed by atoms with Crippen LogP contribution in [0.15, 0.2) is 24.3 Å². The van der Waals surface area contributed by atoms with Gasteiger partial charge in [0.15, 0.2) is 0 Å². The lowest BCUT2D eigenvalue weighted by atomic mass is 10.2. The standard InChI is InChI=1S/C10H14O.2CHNO/c1-3-9-5-7-10(8-6-9)11-4-2;2*2-1-3/h5-8H,3-4H2,1-2H3;2*2H. The van der Waals surface area contributed by atoms with Gasteiger partial charge in [-0.15, -0.1) is 0 Å². The van der Waals surface area contributed by atoms with Crippen LogP contribution in [0.4, 0.5) is 0 Å². The molecule has 0 amide bonds. The smallest absolute Gasteiger partial charge is 0.231 e. The Hall–Kier alpha value is -2.22. The van der Waals surface area contributed by atoms with Crippen LogP contribution in [0.25, 0.3) is 0 Å². The fourth-order valence-electron chi connectivity index (χ4n) is 0.988. The Morgan fingerprint density at radius 2 is 1.47 bits per heavy atom. The fourth-order valence-corrected chi connectivity index (χ4v) is 0.988. The average molecular weight is 236 g/mol. The van der Waals surface area contributed by atoms with E-state index in [1.807, 2.05) is 19.1 Å². The topological polar surface area (TPSA) is 91.1 Å². The summed E-state index contributed by atoms with van der Waals surface area (Å²) in [6, 6.07) is 8.24. The van der Waals surface area contributed by atoms with Gasteiger partial charge in [0, 0.05) is 0 Å². The molecule has 0 aliphatic rings. The summed E-state index contributed by atoms with van der Waals surface area (Å²) in [6.45, 7) is 4.88. The average Bonchev–Trinajstić information content (AvgIpc) is 2.32. The second-order valence-corrected chi connectivity index (χ2v) is 2.63. The first kappa shape index (κ1) is 17.2. The molecule has 0 radical (unpaired) electrons. The number of ether oxygens (including phenoxy) is 1. The van der Waals surface area contributed by atoms with E-state index in [9.17, 15) is 0 Å². The summed E-state index contributed by atoms with van der Waals surface area (Å²) in [6.07, 6.45) is 2.59. The molecule has 0 bridgehead atoms. The first-order valence-corrected chi connectivity index (χ1v) is 4.99.